The van der Waals surface area contributed by atoms with Crippen molar-refractivity contribution in [1.29, 1.82) is 0 Å². The fourth-order valence-electron chi connectivity index (χ4n) is 5.05. The molecule has 3 aliphatic rings. The van der Waals surface area contributed by atoms with E-state index >= 15 is 0 Å². The van der Waals surface area contributed by atoms with E-state index in [-0.39, 0.29) is 17.4 Å². The minimum absolute atomic E-state index is 0.0769. The molecule has 0 aromatic heterocycles. The summed E-state index contributed by atoms with van der Waals surface area (Å²) in [5.41, 5.74) is 1.34. The molecule has 3 fully saturated rings. The van der Waals surface area contributed by atoms with Crippen LogP contribution in [0.3, 0.4) is 0 Å². The molecule has 6 nitrogen and oxygen atoms in total. The Morgan fingerprint density at radius 3 is 2.96 bits per heavy atom. The normalized spacial score (nSPS) is 31.1. The van der Waals surface area contributed by atoms with Crippen LogP contribution in [0.1, 0.15) is 43.8 Å². The molecular weight excluding hydrogens is 352 g/mol. The highest BCUT2D eigenvalue weighted by Crippen LogP contribution is 2.36. The number of ether oxygens (including phenoxy) is 1. The van der Waals surface area contributed by atoms with E-state index in [2.05, 4.69) is 50.9 Å². The minimum Gasteiger partial charge on any atom is -0.373 e. The van der Waals surface area contributed by atoms with E-state index < -0.39 is 0 Å². The van der Waals surface area contributed by atoms with Gasteiger partial charge in [-0.2, -0.15) is 0 Å². The summed E-state index contributed by atoms with van der Waals surface area (Å²) in [5, 5.41) is 6.64. The van der Waals surface area contributed by atoms with Crippen molar-refractivity contribution < 1.29 is 9.53 Å². The number of aliphatic imine (C=N–C) groups is 1. The lowest BCUT2D eigenvalue weighted by Crippen LogP contribution is -2.52. The first-order valence-electron chi connectivity index (χ1n) is 10.6. The Kier molecular flexibility index (Phi) is 5.85. The van der Waals surface area contributed by atoms with Crippen LogP contribution in [0.5, 0.6) is 0 Å². The predicted molar refractivity (Wildman–Crippen MR) is 110 cm³/mol. The van der Waals surface area contributed by atoms with Gasteiger partial charge in [-0.05, 0) is 31.2 Å². The van der Waals surface area contributed by atoms with Crippen LogP contribution in [0.25, 0.3) is 0 Å². The van der Waals surface area contributed by atoms with Gasteiger partial charge >= 0.3 is 0 Å². The molecule has 3 saturated heterocycles. The van der Waals surface area contributed by atoms with E-state index in [1.54, 1.807) is 0 Å². The van der Waals surface area contributed by atoms with Crippen LogP contribution in [-0.2, 0) is 9.53 Å². The lowest BCUT2D eigenvalue weighted by atomic mass is 9.79. The van der Waals surface area contributed by atoms with Gasteiger partial charge in [-0.15, -0.1) is 0 Å². The van der Waals surface area contributed by atoms with Gasteiger partial charge in [-0.3, -0.25) is 9.79 Å². The second kappa shape index (κ2) is 8.52. The van der Waals surface area contributed by atoms with Gasteiger partial charge in [0.1, 0.15) is 0 Å². The van der Waals surface area contributed by atoms with Crippen molar-refractivity contribution in [2.45, 2.75) is 38.2 Å². The first-order chi connectivity index (χ1) is 13.7. The molecule has 3 heterocycles. The van der Waals surface area contributed by atoms with Gasteiger partial charge in [0, 0.05) is 57.6 Å². The highest BCUT2D eigenvalue weighted by atomic mass is 16.5. The molecule has 1 spiro atoms. The predicted octanol–water partition coefficient (Wildman–Crippen LogP) is 2.33. The van der Waals surface area contributed by atoms with Crippen LogP contribution in [0.2, 0.25) is 0 Å². The summed E-state index contributed by atoms with van der Waals surface area (Å²) in [5.74, 6) is 1.58. The van der Waals surface area contributed by atoms with Gasteiger partial charge in [0.15, 0.2) is 5.96 Å². The lowest BCUT2D eigenvalue weighted by molar-refractivity contribution is -0.119. The van der Waals surface area contributed by atoms with Crippen LogP contribution in [-0.4, -0.2) is 56.6 Å². The Hall–Kier alpha value is -2.08. The molecular formula is C22H32N4O2. The van der Waals surface area contributed by atoms with Crippen LogP contribution in [0.4, 0.5) is 0 Å². The van der Waals surface area contributed by atoms with Crippen LogP contribution in [0, 0.1) is 11.3 Å². The van der Waals surface area contributed by atoms with Crippen LogP contribution >= 0.6 is 0 Å². The summed E-state index contributed by atoms with van der Waals surface area (Å²) in [6.07, 6.45) is 5.28. The zero-order valence-corrected chi connectivity index (χ0v) is 16.8. The van der Waals surface area contributed by atoms with E-state index in [9.17, 15) is 4.79 Å². The quantitative estimate of drug-likeness (QED) is 0.620. The highest BCUT2D eigenvalue weighted by Gasteiger charge is 2.42. The standard InChI is InChI=1S/C22H32N4O2/c1-23-21(26-11-6-10-22(16-26)13-19(27)25-15-22)24-14-18-9-5-12-28-20(18)17-7-3-2-4-8-17/h2-4,7-8,18,20H,5-6,9-16H2,1H3,(H,23,24)(H,25,27). The maximum absolute atomic E-state index is 11.8. The summed E-state index contributed by atoms with van der Waals surface area (Å²) in [4.78, 5) is 18.7. The molecule has 3 unspecified atom stereocenters. The molecule has 1 aromatic rings. The number of piperidine rings is 1. The fourth-order valence-corrected chi connectivity index (χ4v) is 5.05. The molecule has 3 atom stereocenters. The third-order valence-electron chi connectivity index (χ3n) is 6.46. The Morgan fingerprint density at radius 1 is 1.36 bits per heavy atom. The maximum atomic E-state index is 11.8. The zero-order valence-electron chi connectivity index (χ0n) is 16.8. The summed E-state index contributed by atoms with van der Waals surface area (Å²) >= 11 is 0. The number of likely N-dealkylation sites (tertiary alicyclic amines) is 1. The molecule has 28 heavy (non-hydrogen) atoms. The number of amides is 1. The van der Waals surface area contributed by atoms with E-state index in [4.69, 9.17) is 4.74 Å². The molecule has 0 saturated carbocycles. The summed E-state index contributed by atoms with van der Waals surface area (Å²) in [7, 11) is 1.85. The van der Waals surface area contributed by atoms with Crippen molar-refractivity contribution in [2.75, 3.05) is 39.8 Å². The lowest BCUT2D eigenvalue weighted by Gasteiger charge is -2.41. The van der Waals surface area contributed by atoms with Crippen molar-refractivity contribution >= 4 is 11.9 Å². The smallest absolute Gasteiger partial charge is 0.220 e. The Labute approximate surface area is 167 Å². The van der Waals surface area contributed by atoms with Gasteiger partial charge in [-0.1, -0.05) is 30.3 Å². The average Bonchev–Trinajstić information content (AvgIpc) is 3.09. The van der Waals surface area contributed by atoms with E-state index in [0.29, 0.717) is 12.3 Å². The number of guanidine groups is 1. The molecule has 1 amide bonds. The van der Waals surface area contributed by atoms with Gasteiger partial charge in [0.25, 0.3) is 0 Å². The summed E-state index contributed by atoms with van der Waals surface area (Å²) in [6.45, 7) is 4.38. The molecule has 152 valence electrons. The van der Waals surface area contributed by atoms with Crippen molar-refractivity contribution in [3.05, 3.63) is 35.9 Å². The largest absolute Gasteiger partial charge is 0.373 e. The number of carbonyl (C=O) groups is 1. The van der Waals surface area contributed by atoms with Crippen molar-refractivity contribution in [3.63, 3.8) is 0 Å². The number of benzene rings is 1. The Bertz CT molecular complexity index is 708. The van der Waals surface area contributed by atoms with Crippen LogP contribution in [0.15, 0.2) is 35.3 Å². The molecule has 4 rings (SSSR count). The number of nitrogens with one attached hydrogen (secondary N) is 2. The number of nitrogens with zero attached hydrogens (tertiary/aromatic N) is 2. The number of carbonyl (C=O) groups excluding carboxylic acids is 1. The van der Waals surface area contributed by atoms with Crippen molar-refractivity contribution in [3.8, 4) is 0 Å². The Balaban J connectivity index is 1.39. The topological polar surface area (TPSA) is 66.0 Å². The number of rotatable bonds is 3. The molecule has 0 aliphatic carbocycles. The zero-order chi connectivity index (χ0) is 19.4. The second-order valence-electron chi connectivity index (χ2n) is 8.51. The first-order valence-corrected chi connectivity index (χ1v) is 10.6. The Morgan fingerprint density at radius 2 is 2.21 bits per heavy atom. The number of hydrogen-bond donors (Lipinski definition) is 2. The minimum atomic E-state index is 0.0769. The van der Waals surface area contributed by atoms with Crippen molar-refractivity contribution in [1.82, 2.24) is 15.5 Å². The molecule has 0 bridgehead atoms. The molecule has 6 heteroatoms. The monoisotopic (exact) mass is 384 g/mol. The average molecular weight is 385 g/mol. The summed E-state index contributed by atoms with van der Waals surface area (Å²) in [6, 6.07) is 10.5. The van der Waals surface area contributed by atoms with Crippen LogP contribution < -0.4 is 10.6 Å². The molecule has 2 N–H and O–H groups in total. The van der Waals surface area contributed by atoms with Crippen molar-refractivity contribution in [2.24, 2.45) is 16.3 Å². The number of hydrogen-bond acceptors (Lipinski definition) is 3. The first kappa shape index (κ1) is 19.2. The van der Waals surface area contributed by atoms with E-state index in [1.165, 1.54) is 5.56 Å². The second-order valence-corrected chi connectivity index (χ2v) is 8.51. The summed E-state index contributed by atoms with van der Waals surface area (Å²) < 4.78 is 6.14. The maximum Gasteiger partial charge on any atom is 0.220 e. The van der Waals surface area contributed by atoms with Gasteiger partial charge in [0.05, 0.1) is 6.10 Å². The molecule has 0 radical (unpaired) electrons. The highest BCUT2D eigenvalue weighted by molar-refractivity contribution is 5.81. The van der Waals surface area contributed by atoms with E-state index in [0.717, 1.165) is 64.4 Å². The third kappa shape index (κ3) is 4.17. The third-order valence-corrected chi connectivity index (χ3v) is 6.46. The SMILES string of the molecule is CN=C(NCC1CCCOC1c1ccccc1)N1CCCC2(CNC(=O)C2)C1. The van der Waals surface area contributed by atoms with Gasteiger partial charge in [-0.25, -0.2) is 0 Å². The van der Waals surface area contributed by atoms with E-state index in [1.807, 2.05) is 7.05 Å². The van der Waals surface area contributed by atoms with Gasteiger partial charge < -0.3 is 20.3 Å². The molecule has 3 aliphatic heterocycles. The fraction of sp³-hybridized carbons (Fsp3) is 0.636. The molecule has 1 aromatic carbocycles. The van der Waals surface area contributed by atoms with Gasteiger partial charge in [0.2, 0.25) is 5.91 Å².